The molecule has 0 saturated heterocycles. The summed E-state index contributed by atoms with van der Waals surface area (Å²) in [6.07, 6.45) is 9.21. The Hall–Kier alpha value is -0.670. The first kappa shape index (κ1) is 15.7. The normalized spacial score (nSPS) is 17.9. The lowest BCUT2D eigenvalue weighted by Gasteiger charge is -2.36. The van der Waals surface area contributed by atoms with Crippen LogP contribution in [0.15, 0.2) is 24.3 Å². The fourth-order valence-corrected chi connectivity index (χ4v) is 3.90. The molecule has 1 N–H and O–H groups in total. The molecule has 0 bridgehead atoms. The average Bonchev–Trinajstić information content (AvgIpc) is 2.50. The second-order valence-electron chi connectivity index (χ2n) is 5.63. The van der Waals surface area contributed by atoms with Crippen molar-refractivity contribution in [1.82, 2.24) is 5.32 Å². The number of nitrogens with one attached hydrogen (secondary N) is 1. The molecule has 2 nitrogen and oxygen atoms in total. The molecular formula is C17H27NOS. The lowest BCUT2D eigenvalue weighted by atomic mass is 9.88. The topological polar surface area (TPSA) is 21.3 Å². The molecule has 0 amide bonds. The molecule has 1 saturated carbocycles. The number of hydrogen-bond acceptors (Lipinski definition) is 3. The SMILES string of the molecule is CCOc1ccc(CNCC2(SC)CCCCC2)cc1. The van der Waals surface area contributed by atoms with Gasteiger partial charge in [-0.2, -0.15) is 11.8 Å². The van der Waals surface area contributed by atoms with E-state index in [4.69, 9.17) is 4.74 Å². The molecule has 1 fully saturated rings. The zero-order valence-electron chi connectivity index (χ0n) is 12.8. The first-order chi connectivity index (χ1) is 9.78. The van der Waals surface area contributed by atoms with E-state index in [1.807, 2.05) is 6.92 Å². The second kappa shape index (κ2) is 7.94. The van der Waals surface area contributed by atoms with Gasteiger partial charge in [-0.3, -0.25) is 0 Å². The Morgan fingerprint density at radius 2 is 1.85 bits per heavy atom. The summed E-state index contributed by atoms with van der Waals surface area (Å²) in [7, 11) is 0. The highest BCUT2D eigenvalue weighted by molar-refractivity contribution is 8.00. The van der Waals surface area contributed by atoms with Crippen LogP contribution in [0.1, 0.15) is 44.6 Å². The van der Waals surface area contributed by atoms with Crippen molar-refractivity contribution >= 4 is 11.8 Å². The highest BCUT2D eigenvalue weighted by Crippen LogP contribution is 2.37. The van der Waals surface area contributed by atoms with Crippen molar-refractivity contribution < 1.29 is 4.74 Å². The molecule has 0 aliphatic heterocycles. The van der Waals surface area contributed by atoms with Crippen molar-refractivity contribution in [2.45, 2.75) is 50.3 Å². The van der Waals surface area contributed by atoms with Crippen molar-refractivity contribution in [1.29, 1.82) is 0 Å². The van der Waals surface area contributed by atoms with Crippen LogP contribution in [0.25, 0.3) is 0 Å². The van der Waals surface area contributed by atoms with Crippen molar-refractivity contribution in [2.24, 2.45) is 0 Å². The first-order valence-electron chi connectivity index (χ1n) is 7.75. The number of benzene rings is 1. The highest BCUT2D eigenvalue weighted by Gasteiger charge is 2.30. The van der Waals surface area contributed by atoms with Crippen LogP contribution in [0.4, 0.5) is 0 Å². The number of thioether (sulfide) groups is 1. The smallest absolute Gasteiger partial charge is 0.119 e. The average molecular weight is 293 g/mol. The minimum atomic E-state index is 0.476. The molecule has 3 heteroatoms. The molecule has 20 heavy (non-hydrogen) atoms. The van der Waals surface area contributed by atoms with Crippen LogP contribution in [0, 0.1) is 0 Å². The summed E-state index contributed by atoms with van der Waals surface area (Å²) in [6.45, 7) is 4.82. The van der Waals surface area contributed by atoms with E-state index >= 15 is 0 Å². The summed E-state index contributed by atoms with van der Waals surface area (Å²) in [6, 6.07) is 8.44. The maximum absolute atomic E-state index is 5.47. The molecule has 1 aliphatic rings. The molecule has 0 spiro atoms. The third kappa shape index (κ3) is 4.42. The van der Waals surface area contributed by atoms with Gasteiger partial charge in [0.2, 0.25) is 0 Å². The summed E-state index contributed by atoms with van der Waals surface area (Å²) < 4.78 is 5.95. The van der Waals surface area contributed by atoms with Crippen molar-refractivity contribution in [2.75, 3.05) is 19.4 Å². The van der Waals surface area contributed by atoms with Gasteiger partial charge in [-0.15, -0.1) is 0 Å². The Morgan fingerprint density at radius 1 is 1.15 bits per heavy atom. The van der Waals surface area contributed by atoms with E-state index in [9.17, 15) is 0 Å². The van der Waals surface area contributed by atoms with Gasteiger partial charge in [-0.25, -0.2) is 0 Å². The van der Waals surface area contributed by atoms with Gasteiger partial charge in [0.15, 0.2) is 0 Å². The van der Waals surface area contributed by atoms with E-state index in [2.05, 4.69) is 47.6 Å². The quantitative estimate of drug-likeness (QED) is 0.812. The van der Waals surface area contributed by atoms with Crippen molar-refractivity contribution in [3.8, 4) is 5.75 Å². The summed E-state index contributed by atoms with van der Waals surface area (Å²) in [5.74, 6) is 0.962. The minimum absolute atomic E-state index is 0.476. The fourth-order valence-electron chi connectivity index (χ4n) is 2.95. The predicted octanol–water partition coefficient (Wildman–Crippen LogP) is 4.24. The molecule has 0 heterocycles. The predicted molar refractivity (Wildman–Crippen MR) is 88.6 cm³/mol. The highest BCUT2D eigenvalue weighted by atomic mass is 32.2. The largest absolute Gasteiger partial charge is 0.494 e. The van der Waals surface area contributed by atoms with E-state index < -0.39 is 0 Å². The summed E-state index contributed by atoms with van der Waals surface area (Å²) in [5, 5.41) is 3.65. The molecule has 2 rings (SSSR count). The maximum atomic E-state index is 5.47. The van der Waals surface area contributed by atoms with Crippen molar-refractivity contribution in [3.63, 3.8) is 0 Å². The van der Waals surface area contributed by atoms with Crippen LogP contribution < -0.4 is 10.1 Å². The first-order valence-corrected chi connectivity index (χ1v) is 8.98. The molecular weight excluding hydrogens is 266 g/mol. The third-order valence-electron chi connectivity index (χ3n) is 4.21. The Kier molecular flexibility index (Phi) is 6.24. The minimum Gasteiger partial charge on any atom is -0.494 e. The second-order valence-corrected chi connectivity index (χ2v) is 6.90. The zero-order chi connectivity index (χ0) is 14.3. The Labute approximate surface area is 127 Å². The molecule has 0 unspecified atom stereocenters. The maximum Gasteiger partial charge on any atom is 0.119 e. The van der Waals surface area contributed by atoms with Gasteiger partial charge in [0.25, 0.3) is 0 Å². The van der Waals surface area contributed by atoms with Crippen LogP contribution in [0.5, 0.6) is 5.75 Å². The van der Waals surface area contributed by atoms with Gasteiger partial charge in [-0.05, 0) is 43.7 Å². The van der Waals surface area contributed by atoms with E-state index in [0.29, 0.717) is 4.75 Å². The fraction of sp³-hybridized carbons (Fsp3) is 0.647. The van der Waals surface area contributed by atoms with Gasteiger partial charge in [0.1, 0.15) is 5.75 Å². The van der Waals surface area contributed by atoms with E-state index in [-0.39, 0.29) is 0 Å². The van der Waals surface area contributed by atoms with E-state index in [0.717, 1.165) is 25.4 Å². The summed E-state index contributed by atoms with van der Waals surface area (Å²) >= 11 is 2.05. The van der Waals surface area contributed by atoms with Crippen LogP contribution in [-0.2, 0) is 6.54 Å². The lowest BCUT2D eigenvalue weighted by Crippen LogP contribution is -2.39. The molecule has 1 aromatic carbocycles. The molecule has 1 aliphatic carbocycles. The van der Waals surface area contributed by atoms with Gasteiger partial charge < -0.3 is 10.1 Å². The van der Waals surface area contributed by atoms with E-state index in [1.165, 1.54) is 37.7 Å². The monoisotopic (exact) mass is 293 g/mol. The molecule has 0 radical (unpaired) electrons. The van der Waals surface area contributed by atoms with E-state index in [1.54, 1.807) is 0 Å². The van der Waals surface area contributed by atoms with Gasteiger partial charge in [0, 0.05) is 17.8 Å². The molecule has 112 valence electrons. The Balaban J connectivity index is 1.79. The van der Waals surface area contributed by atoms with Crippen LogP contribution in [0.2, 0.25) is 0 Å². The van der Waals surface area contributed by atoms with Gasteiger partial charge in [-0.1, -0.05) is 31.4 Å². The number of rotatable bonds is 7. The van der Waals surface area contributed by atoms with Crippen LogP contribution in [-0.4, -0.2) is 24.2 Å². The summed E-state index contributed by atoms with van der Waals surface area (Å²) in [4.78, 5) is 0. The zero-order valence-corrected chi connectivity index (χ0v) is 13.6. The molecule has 0 aromatic heterocycles. The molecule has 0 atom stereocenters. The third-order valence-corrected chi connectivity index (χ3v) is 5.63. The Bertz CT molecular complexity index is 384. The lowest BCUT2D eigenvalue weighted by molar-refractivity contribution is 0.340. The van der Waals surface area contributed by atoms with Crippen LogP contribution in [0.3, 0.4) is 0 Å². The van der Waals surface area contributed by atoms with Gasteiger partial charge >= 0.3 is 0 Å². The Morgan fingerprint density at radius 3 is 2.45 bits per heavy atom. The number of ether oxygens (including phenoxy) is 1. The number of hydrogen-bond donors (Lipinski definition) is 1. The standard InChI is InChI=1S/C17H27NOS/c1-3-19-16-9-7-15(8-10-16)13-18-14-17(20-2)11-5-4-6-12-17/h7-10,18H,3-6,11-14H2,1-2H3. The van der Waals surface area contributed by atoms with Crippen LogP contribution >= 0.6 is 11.8 Å². The van der Waals surface area contributed by atoms with Gasteiger partial charge in [0.05, 0.1) is 6.61 Å². The van der Waals surface area contributed by atoms with Crippen molar-refractivity contribution in [3.05, 3.63) is 29.8 Å². The molecule has 1 aromatic rings. The summed E-state index contributed by atoms with van der Waals surface area (Å²) in [5.41, 5.74) is 1.33.